The molecule has 0 saturated carbocycles. The Kier molecular flexibility index (Phi) is 4.61. The minimum atomic E-state index is -0.444. The summed E-state index contributed by atoms with van der Waals surface area (Å²) in [5.41, 5.74) is 3.81. The number of pyridine rings is 1. The first kappa shape index (κ1) is 16.8. The smallest absolute Gasteiger partial charge is 0.338 e. The van der Waals surface area contributed by atoms with Crippen LogP contribution in [0.5, 0.6) is 0 Å². The lowest BCUT2D eigenvalue weighted by Gasteiger charge is -2.12. The third-order valence-electron chi connectivity index (χ3n) is 4.27. The van der Waals surface area contributed by atoms with E-state index in [1.165, 1.54) is 6.07 Å². The summed E-state index contributed by atoms with van der Waals surface area (Å²) in [5.74, 6) is -0.658. The van der Waals surface area contributed by atoms with Gasteiger partial charge in [-0.05, 0) is 38.0 Å². The number of rotatable bonds is 4. The lowest BCUT2D eigenvalue weighted by molar-refractivity contribution is 0.0528. The second-order valence-corrected chi connectivity index (χ2v) is 5.87. The lowest BCUT2D eigenvalue weighted by Crippen LogP contribution is -2.11. The first-order valence-electron chi connectivity index (χ1n) is 8.20. The van der Waals surface area contributed by atoms with Crippen molar-refractivity contribution in [2.75, 3.05) is 6.61 Å². The molecule has 0 aliphatic carbocycles. The van der Waals surface area contributed by atoms with Crippen molar-refractivity contribution in [1.82, 2.24) is 4.98 Å². The van der Waals surface area contributed by atoms with Crippen LogP contribution in [-0.4, -0.2) is 23.3 Å². The second kappa shape index (κ2) is 6.85. The predicted molar refractivity (Wildman–Crippen MR) is 97.0 cm³/mol. The normalized spacial score (nSPS) is 10.7. The van der Waals surface area contributed by atoms with Gasteiger partial charge in [0.1, 0.15) is 5.69 Å². The number of hydrogen-bond acceptors (Lipinski definition) is 4. The van der Waals surface area contributed by atoms with Crippen molar-refractivity contribution in [2.24, 2.45) is 0 Å². The highest BCUT2D eigenvalue weighted by molar-refractivity contribution is 6.12. The monoisotopic (exact) mass is 333 g/mol. The molecular weight excluding hydrogens is 314 g/mol. The maximum absolute atomic E-state index is 12.8. The third kappa shape index (κ3) is 3.15. The van der Waals surface area contributed by atoms with Crippen molar-refractivity contribution in [3.8, 4) is 0 Å². The fourth-order valence-electron chi connectivity index (χ4n) is 2.76. The molecule has 2 aromatic carbocycles. The van der Waals surface area contributed by atoms with Crippen LogP contribution in [0, 0.1) is 13.8 Å². The molecule has 4 nitrogen and oxygen atoms in total. The largest absolute Gasteiger partial charge is 0.462 e. The first-order chi connectivity index (χ1) is 12.0. The number of hydrogen-bond donors (Lipinski definition) is 0. The van der Waals surface area contributed by atoms with Crippen LogP contribution in [0.15, 0.2) is 48.5 Å². The maximum Gasteiger partial charge on any atom is 0.338 e. The summed E-state index contributed by atoms with van der Waals surface area (Å²) in [4.78, 5) is 29.8. The molecule has 0 unspecified atom stereocenters. The Balaban J connectivity index is 2.25. The van der Waals surface area contributed by atoms with Crippen molar-refractivity contribution >= 4 is 22.7 Å². The highest BCUT2D eigenvalue weighted by Crippen LogP contribution is 2.25. The zero-order chi connectivity index (χ0) is 18.0. The van der Waals surface area contributed by atoms with Crippen LogP contribution >= 0.6 is 0 Å². The summed E-state index contributed by atoms with van der Waals surface area (Å²) in [6, 6.07) is 14.3. The van der Waals surface area contributed by atoms with Crippen LogP contribution in [0.2, 0.25) is 0 Å². The zero-order valence-corrected chi connectivity index (χ0v) is 14.5. The van der Waals surface area contributed by atoms with Gasteiger partial charge in [0.25, 0.3) is 0 Å². The average molecular weight is 333 g/mol. The quantitative estimate of drug-likeness (QED) is 0.529. The summed E-state index contributed by atoms with van der Waals surface area (Å²) in [7, 11) is 0. The molecule has 25 heavy (non-hydrogen) atoms. The van der Waals surface area contributed by atoms with Gasteiger partial charge in [0.15, 0.2) is 0 Å². The van der Waals surface area contributed by atoms with Crippen molar-refractivity contribution in [3.05, 3.63) is 76.5 Å². The second-order valence-electron chi connectivity index (χ2n) is 5.87. The fourth-order valence-corrected chi connectivity index (χ4v) is 2.76. The van der Waals surface area contributed by atoms with Crippen molar-refractivity contribution in [1.29, 1.82) is 0 Å². The summed E-state index contributed by atoms with van der Waals surface area (Å²) >= 11 is 0. The molecule has 3 rings (SSSR count). The van der Waals surface area contributed by atoms with Crippen LogP contribution in [0.3, 0.4) is 0 Å². The van der Waals surface area contributed by atoms with Crippen molar-refractivity contribution < 1.29 is 14.3 Å². The number of ketones is 1. The molecule has 0 atom stereocenters. The number of carbonyl (C=O) groups excluding carboxylic acids is 2. The van der Waals surface area contributed by atoms with Crippen LogP contribution < -0.4 is 0 Å². The van der Waals surface area contributed by atoms with Gasteiger partial charge in [0, 0.05) is 10.9 Å². The molecule has 0 aliphatic heterocycles. The van der Waals surface area contributed by atoms with Gasteiger partial charge in [0.2, 0.25) is 5.78 Å². The molecule has 3 aromatic rings. The Morgan fingerprint density at radius 3 is 2.44 bits per heavy atom. The molecule has 0 saturated heterocycles. The van der Waals surface area contributed by atoms with Crippen LogP contribution in [0.4, 0.5) is 0 Å². The van der Waals surface area contributed by atoms with E-state index in [0.717, 1.165) is 11.1 Å². The summed E-state index contributed by atoms with van der Waals surface area (Å²) in [6.45, 7) is 5.95. The van der Waals surface area contributed by atoms with Crippen molar-refractivity contribution in [2.45, 2.75) is 20.8 Å². The minimum absolute atomic E-state index is 0.214. The van der Waals surface area contributed by atoms with Crippen LogP contribution in [-0.2, 0) is 4.74 Å². The number of carbonyl (C=O) groups is 2. The van der Waals surface area contributed by atoms with E-state index >= 15 is 0 Å². The molecule has 0 bridgehead atoms. The summed E-state index contributed by atoms with van der Waals surface area (Å²) in [5, 5.41) is 0.700. The van der Waals surface area contributed by atoms with Gasteiger partial charge in [-0.3, -0.25) is 4.79 Å². The zero-order valence-electron chi connectivity index (χ0n) is 14.5. The van der Waals surface area contributed by atoms with E-state index in [1.807, 2.05) is 32.0 Å². The number of aromatic nitrogens is 1. The number of nitrogens with zero attached hydrogens (tertiary/aromatic N) is 1. The Labute approximate surface area is 146 Å². The van der Waals surface area contributed by atoms with Crippen LogP contribution in [0.25, 0.3) is 10.9 Å². The fraction of sp³-hybridized carbons (Fsp3) is 0.190. The Bertz CT molecular complexity index is 962. The van der Waals surface area contributed by atoms with E-state index < -0.39 is 5.97 Å². The first-order valence-corrected chi connectivity index (χ1v) is 8.20. The maximum atomic E-state index is 12.8. The number of benzene rings is 2. The molecule has 0 radical (unpaired) electrons. The predicted octanol–water partition coefficient (Wildman–Crippen LogP) is 4.26. The Morgan fingerprint density at radius 1 is 1.04 bits per heavy atom. The third-order valence-corrected chi connectivity index (χ3v) is 4.27. The van der Waals surface area contributed by atoms with Crippen LogP contribution in [0.1, 0.15) is 44.5 Å². The van der Waals surface area contributed by atoms with E-state index in [-0.39, 0.29) is 18.1 Å². The van der Waals surface area contributed by atoms with Gasteiger partial charge in [-0.15, -0.1) is 0 Å². The van der Waals surface area contributed by atoms with Gasteiger partial charge in [-0.25, -0.2) is 9.78 Å². The standard InChI is InChI=1S/C21H19NO3/c1-4-25-21(24)17-12-18(20(23)15-8-6-5-7-9-15)22-19-14(3)13(2)10-11-16(17)19/h5-12H,4H2,1-3H3. The number of ether oxygens (including phenoxy) is 1. The van der Waals surface area contributed by atoms with E-state index in [9.17, 15) is 9.59 Å². The van der Waals surface area contributed by atoms with E-state index in [2.05, 4.69) is 4.98 Å². The SMILES string of the molecule is CCOC(=O)c1cc(C(=O)c2ccccc2)nc2c(C)c(C)ccc12. The molecule has 0 spiro atoms. The molecule has 1 heterocycles. The van der Waals surface area contributed by atoms with E-state index in [4.69, 9.17) is 4.74 Å². The molecule has 0 aliphatic rings. The number of aryl methyl sites for hydroxylation is 2. The Hall–Kier alpha value is -3.01. The molecule has 126 valence electrons. The van der Waals surface area contributed by atoms with Gasteiger partial charge in [0.05, 0.1) is 17.7 Å². The minimum Gasteiger partial charge on any atom is -0.462 e. The van der Waals surface area contributed by atoms with Crippen molar-refractivity contribution in [3.63, 3.8) is 0 Å². The number of fused-ring (bicyclic) bond motifs is 1. The molecule has 0 fully saturated rings. The van der Waals surface area contributed by atoms with Gasteiger partial charge in [-0.2, -0.15) is 0 Å². The molecule has 4 heteroatoms. The highest BCUT2D eigenvalue weighted by Gasteiger charge is 2.19. The van der Waals surface area contributed by atoms with Gasteiger partial charge in [-0.1, -0.05) is 42.5 Å². The topological polar surface area (TPSA) is 56.3 Å². The molecule has 0 amide bonds. The van der Waals surface area contributed by atoms with E-state index in [1.54, 1.807) is 31.2 Å². The number of esters is 1. The van der Waals surface area contributed by atoms with Gasteiger partial charge < -0.3 is 4.74 Å². The Morgan fingerprint density at radius 2 is 1.76 bits per heavy atom. The molecule has 0 N–H and O–H groups in total. The highest BCUT2D eigenvalue weighted by atomic mass is 16.5. The lowest BCUT2D eigenvalue weighted by atomic mass is 9.99. The molecule has 1 aromatic heterocycles. The average Bonchev–Trinajstić information content (AvgIpc) is 2.64. The van der Waals surface area contributed by atoms with Gasteiger partial charge >= 0.3 is 5.97 Å². The summed E-state index contributed by atoms with van der Waals surface area (Å²) < 4.78 is 5.17. The molecular formula is C21H19NO3. The summed E-state index contributed by atoms with van der Waals surface area (Å²) in [6.07, 6.45) is 0. The van der Waals surface area contributed by atoms with E-state index in [0.29, 0.717) is 22.0 Å².